The Hall–Kier alpha value is -2.29. The van der Waals surface area contributed by atoms with E-state index in [0.717, 1.165) is 5.56 Å². The molecular formula is C16H16O3. The number of ether oxygens (including phenoxy) is 1. The fourth-order valence-electron chi connectivity index (χ4n) is 1.63. The van der Waals surface area contributed by atoms with Gasteiger partial charge in [0.2, 0.25) is 0 Å². The lowest BCUT2D eigenvalue weighted by Crippen LogP contribution is -2.11. The molecule has 0 aliphatic carbocycles. The van der Waals surface area contributed by atoms with E-state index in [1.165, 1.54) is 6.26 Å². The summed E-state index contributed by atoms with van der Waals surface area (Å²) in [6, 6.07) is 11.4. The predicted octanol–water partition coefficient (Wildman–Crippen LogP) is 4.02. The first-order chi connectivity index (χ1) is 9.16. The summed E-state index contributed by atoms with van der Waals surface area (Å²) in [6.07, 6.45) is 5.01. The topological polar surface area (TPSA) is 39.4 Å². The molecule has 0 spiro atoms. The van der Waals surface area contributed by atoms with Gasteiger partial charge in [-0.3, -0.25) is 0 Å². The van der Waals surface area contributed by atoms with Gasteiger partial charge in [-0.25, -0.2) is 4.79 Å². The Bertz CT molecular complexity index is 565. The van der Waals surface area contributed by atoms with Crippen LogP contribution in [0.5, 0.6) is 0 Å². The lowest BCUT2D eigenvalue weighted by molar-refractivity contribution is 0.0377. The van der Waals surface area contributed by atoms with Crippen LogP contribution < -0.4 is 0 Å². The Balaban J connectivity index is 2.16. The highest BCUT2D eigenvalue weighted by Crippen LogP contribution is 2.16. The van der Waals surface area contributed by atoms with E-state index in [4.69, 9.17) is 9.15 Å². The van der Waals surface area contributed by atoms with Crippen LogP contribution >= 0.6 is 0 Å². The molecule has 19 heavy (non-hydrogen) atoms. The maximum atomic E-state index is 11.8. The van der Waals surface area contributed by atoms with Crippen molar-refractivity contribution in [1.29, 1.82) is 0 Å². The molecule has 98 valence electrons. The van der Waals surface area contributed by atoms with Crippen LogP contribution in [0.4, 0.5) is 0 Å². The van der Waals surface area contributed by atoms with Crippen molar-refractivity contribution >= 4 is 18.1 Å². The zero-order valence-corrected chi connectivity index (χ0v) is 11.0. The van der Waals surface area contributed by atoms with Gasteiger partial charge in [-0.1, -0.05) is 36.4 Å². The van der Waals surface area contributed by atoms with Crippen molar-refractivity contribution in [3.63, 3.8) is 0 Å². The molecule has 0 saturated heterocycles. The molecule has 0 amide bonds. The van der Waals surface area contributed by atoms with Gasteiger partial charge in [0.05, 0.1) is 12.4 Å². The van der Waals surface area contributed by atoms with Gasteiger partial charge in [-0.2, -0.15) is 0 Å². The Labute approximate surface area is 112 Å². The molecule has 0 saturated carbocycles. The summed E-state index contributed by atoms with van der Waals surface area (Å²) >= 11 is 0. The van der Waals surface area contributed by atoms with Crippen molar-refractivity contribution in [3.8, 4) is 0 Å². The Kier molecular flexibility index (Phi) is 4.18. The van der Waals surface area contributed by atoms with Crippen molar-refractivity contribution < 1.29 is 13.9 Å². The summed E-state index contributed by atoms with van der Waals surface area (Å²) in [5.74, 6) is 0.144. The minimum Gasteiger partial charge on any atom is -0.464 e. The molecule has 0 bridgehead atoms. The standard InChI is InChI=1S/C16H16O3/c1-12(2)19-16(17)14-10-11-18-15(14)9-8-13-6-4-3-5-7-13/h3-12H,1-2H3/b9-8+. The van der Waals surface area contributed by atoms with Crippen LogP contribution in [0.2, 0.25) is 0 Å². The molecule has 0 atom stereocenters. The van der Waals surface area contributed by atoms with E-state index in [2.05, 4.69) is 0 Å². The van der Waals surface area contributed by atoms with E-state index in [1.807, 2.05) is 50.3 Å². The van der Waals surface area contributed by atoms with Crippen LogP contribution in [-0.2, 0) is 4.74 Å². The first-order valence-electron chi connectivity index (χ1n) is 6.18. The second-order valence-electron chi connectivity index (χ2n) is 4.40. The molecule has 0 aliphatic rings. The van der Waals surface area contributed by atoms with Crippen LogP contribution in [0.1, 0.15) is 35.5 Å². The summed E-state index contributed by atoms with van der Waals surface area (Å²) in [6.45, 7) is 3.63. The average molecular weight is 256 g/mol. The molecule has 1 aromatic heterocycles. The molecule has 0 radical (unpaired) electrons. The molecule has 1 heterocycles. The fourth-order valence-corrected chi connectivity index (χ4v) is 1.63. The first kappa shape index (κ1) is 13.1. The minimum absolute atomic E-state index is 0.145. The number of rotatable bonds is 4. The highest BCUT2D eigenvalue weighted by molar-refractivity contribution is 5.93. The molecule has 3 nitrogen and oxygen atoms in total. The van der Waals surface area contributed by atoms with Crippen LogP contribution in [0, 0.1) is 0 Å². The minimum atomic E-state index is -0.364. The fraction of sp³-hybridized carbons (Fsp3) is 0.188. The molecule has 0 aliphatic heterocycles. The van der Waals surface area contributed by atoms with Crippen LogP contribution in [0.25, 0.3) is 12.2 Å². The maximum absolute atomic E-state index is 11.8. The van der Waals surface area contributed by atoms with E-state index >= 15 is 0 Å². The van der Waals surface area contributed by atoms with Gasteiger partial charge < -0.3 is 9.15 Å². The third-order valence-electron chi connectivity index (χ3n) is 2.48. The number of benzene rings is 1. The lowest BCUT2D eigenvalue weighted by atomic mass is 10.2. The smallest absolute Gasteiger partial charge is 0.342 e. The highest BCUT2D eigenvalue weighted by atomic mass is 16.5. The van der Waals surface area contributed by atoms with Crippen molar-refractivity contribution in [2.24, 2.45) is 0 Å². The highest BCUT2D eigenvalue weighted by Gasteiger charge is 2.15. The van der Waals surface area contributed by atoms with E-state index in [0.29, 0.717) is 11.3 Å². The van der Waals surface area contributed by atoms with E-state index < -0.39 is 0 Å². The van der Waals surface area contributed by atoms with Gasteiger partial charge in [0, 0.05) is 0 Å². The van der Waals surface area contributed by atoms with Crippen molar-refractivity contribution in [3.05, 3.63) is 59.5 Å². The Morgan fingerprint density at radius 3 is 2.58 bits per heavy atom. The Morgan fingerprint density at radius 1 is 1.16 bits per heavy atom. The molecule has 2 aromatic rings. The number of carbonyl (C=O) groups is 1. The largest absolute Gasteiger partial charge is 0.464 e. The van der Waals surface area contributed by atoms with Gasteiger partial charge in [0.25, 0.3) is 0 Å². The summed E-state index contributed by atoms with van der Waals surface area (Å²) in [5, 5.41) is 0. The van der Waals surface area contributed by atoms with E-state index in [9.17, 15) is 4.79 Å². The van der Waals surface area contributed by atoms with Crippen LogP contribution in [0.15, 0.2) is 47.1 Å². The van der Waals surface area contributed by atoms with Gasteiger partial charge in [-0.15, -0.1) is 0 Å². The zero-order valence-electron chi connectivity index (χ0n) is 11.0. The third kappa shape index (κ3) is 3.58. The number of carbonyl (C=O) groups excluding carboxylic acids is 1. The zero-order chi connectivity index (χ0) is 13.7. The quantitative estimate of drug-likeness (QED) is 0.776. The SMILES string of the molecule is CC(C)OC(=O)c1ccoc1/C=C/c1ccccc1. The van der Waals surface area contributed by atoms with Crippen LogP contribution in [0.3, 0.4) is 0 Å². The van der Waals surface area contributed by atoms with Gasteiger partial charge in [-0.05, 0) is 31.6 Å². The monoisotopic (exact) mass is 256 g/mol. The predicted molar refractivity (Wildman–Crippen MR) is 74.6 cm³/mol. The summed E-state index contributed by atoms with van der Waals surface area (Å²) < 4.78 is 10.5. The molecule has 0 unspecified atom stereocenters. The second-order valence-corrected chi connectivity index (χ2v) is 4.40. The normalized spacial score (nSPS) is 11.1. The van der Waals surface area contributed by atoms with Crippen LogP contribution in [-0.4, -0.2) is 12.1 Å². The van der Waals surface area contributed by atoms with Crippen molar-refractivity contribution in [1.82, 2.24) is 0 Å². The van der Waals surface area contributed by atoms with Gasteiger partial charge in [0.1, 0.15) is 11.3 Å². The molecule has 2 rings (SSSR count). The molecule has 1 aromatic carbocycles. The van der Waals surface area contributed by atoms with E-state index in [1.54, 1.807) is 12.1 Å². The van der Waals surface area contributed by atoms with Gasteiger partial charge >= 0.3 is 5.97 Å². The van der Waals surface area contributed by atoms with Gasteiger partial charge in [0.15, 0.2) is 0 Å². The second kappa shape index (κ2) is 6.05. The molecular weight excluding hydrogens is 240 g/mol. The number of hydrogen-bond donors (Lipinski definition) is 0. The third-order valence-corrected chi connectivity index (χ3v) is 2.48. The number of esters is 1. The summed E-state index contributed by atoms with van der Waals surface area (Å²) in [7, 11) is 0. The lowest BCUT2D eigenvalue weighted by Gasteiger charge is -2.06. The first-order valence-corrected chi connectivity index (χ1v) is 6.18. The molecule has 3 heteroatoms. The summed E-state index contributed by atoms with van der Waals surface area (Å²) in [5.41, 5.74) is 1.49. The Morgan fingerprint density at radius 2 is 1.89 bits per heavy atom. The molecule has 0 fully saturated rings. The average Bonchev–Trinajstić information content (AvgIpc) is 2.85. The number of furan rings is 1. The molecule has 0 N–H and O–H groups in total. The van der Waals surface area contributed by atoms with Crippen molar-refractivity contribution in [2.45, 2.75) is 20.0 Å². The van der Waals surface area contributed by atoms with E-state index in [-0.39, 0.29) is 12.1 Å². The number of hydrogen-bond acceptors (Lipinski definition) is 3. The maximum Gasteiger partial charge on any atom is 0.342 e. The van der Waals surface area contributed by atoms with Crippen molar-refractivity contribution in [2.75, 3.05) is 0 Å². The summed E-state index contributed by atoms with van der Waals surface area (Å²) in [4.78, 5) is 11.8.